The van der Waals surface area contributed by atoms with E-state index in [4.69, 9.17) is 4.74 Å². The zero-order valence-corrected chi connectivity index (χ0v) is 17.1. The highest BCUT2D eigenvalue weighted by Gasteiger charge is 2.21. The van der Waals surface area contributed by atoms with Gasteiger partial charge in [-0.15, -0.1) is 11.3 Å². The molecule has 2 heterocycles. The van der Waals surface area contributed by atoms with Crippen molar-refractivity contribution in [2.75, 3.05) is 13.2 Å². The number of rotatable bonds is 8. The Morgan fingerprint density at radius 1 is 1.32 bits per heavy atom. The summed E-state index contributed by atoms with van der Waals surface area (Å²) in [5.74, 6) is -1.27. The molecule has 0 unspecified atom stereocenters. The monoisotopic (exact) mass is 408 g/mol. The van der Waals surface area contributed by atoms with Crippen molar-refractivity contribution in [3.05, 3.63) is 27.1 Å². The van der Waals surface area contributed by atoms with Crippen molar-refractivity contribution in [2.24, 2.45) is 0 Å². The Kier molecular flexibility index (Phi) is 7.27. The second-order valence-corrected chi connectivity index (χ2v) is 7.21. The third kappa shape index (κ3) is 4.75. The van der Waals surface area contributed by atoms with Crippen LogP contribution in [0.1, 0.15) is 42.4 Å². The van der Waals surface area contributed by atoms with Gasteiger partial charge in [-0.3, -0.25) is 19.0 Å². The normalized spacial score (nSPS) is 11.9. The molecule has 0 saturated carbocycles. The van der Waals surface area contributed by atoms with Crippen LogP contribution in [0.25, 0.3) is 10.2 Å². The Hall–Kier alpha value is -2.75. The molecule has 28 heavy (non-hydrogen) atoms. The topological polar surface area (TPSA) is 119 Å². The molecule has 2 rings (SSSR count). The average Bonchev–Trinajstić information content (AvgIpc) is 2.99. The van der Waals surface area contributed by atoms with Crippen LogP contribution in [0.15, 0.2) is 11.1 Å². The standard InChI is InChI=1S/C18H24N4O5S/c1-5-7-19-15(24)11(4)21-12(23)8-22-9-20-16-13(17(22)25)10(3)14(28-16)18(26)27-6-2/h9,11H,5-8H2,1-4H3,(H,19,24)(H,21,23)/t11-/m1/s1. The summed E-state index contributed by atoms with van der Waals surface area (Å²) < 4.78 is 6.16. The third-order valence-electron chi connectivity index (χ3n) is 4.01. The number of hydrogen-bond donors (Lipinski definition) is 2. The molecule has 0 aromatic carbocycles. The number of esters is 1. The van der Waals surface area contributed by atoms with E-state index in [1.807, 2.05) is 6.92 Å². The van der Waals surface area contributed by atoms with E-state index in [-0.39, 0.29) is 24.4 Å². The zero-order valence-electron chi connectivity index (χ0n) is 16.3. The molecule has 0 bridgehead atoms. The molecular formula is C18H24N4O5S. The molecule has 2 aromatic heterocycles. The maximum Gasteiger partial charge on any atom is 0.348 e. The van der Waals surface area contributed by atoms with Crippen molar-refractivity contribution in [3.8, 4) is 0 Å². The summed E-state index contributed by atoms with van der Waals surface area (Å²) in [7, 11) is 0. The summed E-state index contributed by atoms with van der Waals surface area (Å²) in [6.07, 6.45) is 2.05. The lowest BCUT2D eigenvalue weighted by Crippen LogP contribution is -2.46. The minimum Gasteiger partial charge on any atom is -0.462 e. The molecule has 0 saturated heterocycles. The van der Waals surface area contributed by atoms with Gasteiger partial charge < -0.3 is 15.4 Å². The molecule has 152 valence electrons. The van der Waals surface area contributed by atoms with Gasteiger partial charge in [-0.05, 0) is 32.8 Å². The predicted molar refractivity (Wildman–Crippen MR) is 105 cm³/mol. The van der Waals surface area contributed by atoms with E-state index < -0.39 is 23.5 Å². The molecule has 1 atom stereocenters. The summed E-state index contributed by atoms with van der Waals surface area (Å²) in [5, 5.41) is 5.54. The second kappa shape index (κ2) is 9.45. The number of nitrogens with one attached hydrogen (secondary N) is 2. The number of fused-ring (bicyclic) bond motifs is 1. The van der Waals surface area contributed by atoms with Crippen LogP contribution in [0, 0.1) is 6.92 Å². The number of aryl methyl sites for hydroxylation is 1. The summed E-state index contributed by atoms with van der Waals surface area (Å²) in [6.45, 7) is 7.33. The van der Waals surface area contributed by atoms with Crippen LogP contribution in [-0.2, 0) is 20.9 Å². The van der Waals surface area contributed by atoms with E-state index in [2.05, 4.69) is 15.6 Å². The number of thiophene rings is 1. The summed E-state index contributed by atoms with van der Waals surface area (Å²) in [4.78, 5) is 53.8. The maximum atomic E-state index is 12.8. The van der Waals surface area contributed by atoms with Gasteiger partial charge in [0.2, 0.25) is 11.8 Å². The zero-order chi connectivity index (χ0) is 20.8. The molecule has 0 aliphatic heterocycles. The second-order valence-electron chi connectivity index (χ2n) is 6.21. The number of ether oxygens (including phenoxy) is 1. The highest BCUT2D eigenvalue weighted by Crippen LogP contribution is 2.27. The number of amides is 2. The number of nitrogens with zero attached hydrogens (tertiary/aromatic N) is 2. The molecule has 9 nitrogen and oxygen atoms in total. The first-order valence-electron chi connectivity index (χ1n) is 9.02. The van der Waals surface area contributed by atoms with Crippen LogP contribution in [0.5, 0.6) is 0 Å². The number of carbonyl (C=O) groups excluding carboxylic acids is 3. The average molecular weight is 408 g/mol. The molecule has 2 N–H and O–H groups in total. The molecular weight excluding hydrogens is 384 g/mol. The van der Waals surface area contributed by atoms with E-state index in [0.29, 0.717) is 21.8 Å². The lowest BCUT2D eigenvalue weighted by Gasteiger charge is -2.14. The number of carbonyl (C=O) groups is 3. The molecule has 0 radical (unpaired) electrons. The van der Waals surface area contributed by atoms with Crippen molar-refractivity contribution in [2.45, 2.75) is 46.7 Å². The van der Waals surface area contributed by atoms with Gasteiger partial charge in [0.05, 0.1) is 18.3 Å². The van der Waals surface area contributed by atoms with Gasteiger partial charge >= 0.3 is 5.97 Å². The Bertz CT molecular complexity index is 949. The van der Waals surface area contributed by atoms with Gasteiger partial charge in [0.25, 0.3) is 5.56 Å². The van der Waals surface area contributed by atoms with Gasteiger partial charge in [-0.1, -0.05) is 6.92 Å². The summed E-state index contributed by atoms with van der Waals surface area (Å²) in [6, 6.07) is -0.718. The van der Waals surface area contributed by atoms with Crippen LogP contribution >= 0.6 is 11.3 Å². The molecule has 0 spiro atoms. The fourth-order valence-corrected chi connectivity index (χ4v) is 3.60. The molecule has 2 amide bonds. The Labute approximate surface area is 166 Å². The van der Waals surface area contributed by atoms with E-state index in [1.165, 1.54) is 6.33 Å². The number of hydrogen-bond acceptors (Lipinski definition) is 7. The summed E-state index contributed by atoms with van der Waals surface area (Å²) in [5.41, 5.74) is 0.0607. The SMILES string of the molecule is CCCNC(=O)[C@@H](C)NC(=O)Cn1cnc2sc(C(=O)OCC)c(C)c2c1=O. The van der Waals surface area contributed by atoms with Crippen molar-refractivity contribution in [1.82, 2.24) is 20.2 Å². The molecule has 0 aliphatic carbocycles. The number of aromatic nitrogens is 2. The molecule has 0 fully saturated rings. The molecule has 2 aromatic rings. The van der Waals surface area contributed by atoms with Gasteiger partial charge in [0.1, 0.15) is 22.3 Å². The van der Waals surface area contributed by atoms with Crippen LogP contribution < -0.4 is 16.2 Å². The third-order valence-corrected chi connectivity index (χ3v) is 5.19. The molecule has 0 aliphatic rings. The van der Waals surface area contributed by atoms with E-state index in [1.54, 1.807) is 20.8 Å². The van der Waals surface area contributed by atoms with Crippen molar-refractivity contribution in [1.29, 1.82) is 0 Å². The Morgan fingerprint density at radius 3 is 2.68 bits per heavy atom. The van der Waals surface area contributed by atoms with Gasteiger partial charge in [-0.2, -0.15) is 0 Å². The first kappa shape index (κ1) is 21.5. The highest BCUT2D eigenvalue weighted by atomic mass is 32.1. The van der Waals surface area contributed by atoms with Gasteiger partial charge in [0, 0.05) is 6.54 Å². The van der Waals surface area contributed by atoms with Crippen molar-refractivity contribution in [3.63, 3.8) is 0 Å². The maximum absolute atomic E-state index is 12.8. The van der Waals surface area contributed by atoms with Gasteiger partial charge in [0.15, 0.2) is 0 Å². The lowest BCUT2D eigenvalue weighted by molar-refractivity contribution is -0.128. The Morgan fingerprint density at radius 2 is 2.04 bits per heavy atom. The Balaban J connectivity index is 2.19. The summed E-state index contributed by atoms with van der Waals surface area (Å²) >= 11 is 1.08. The van der Waals surface area contributed by atoms with Crippen LogP contribution in [0.2, 0.25) is 0 Å². The first-order valence-corrected chi connectivity index (χ1v) is 9.84. The first-order chi connectivity index (χ1) is 13.3. The smallest absolute Gasteiger partial charge is 0.348 e. The van der Waals surface area contributed by atoms with E-state index in [0.717, 1.165) is 22.3 Å². The van der Waals surface area contributed by atoms with Crippen LogP contribution in [0.4, 0.5) is 0 Å². The minimum absolute atomic E-state index is 0.231. The van der Waals surface area contributed by atoms with Crippen LogP contribution in [0.3, 0.4) is 0 Å². The lowest BCUT2D eigenvalue weighted by atomic mass is 10.2. The largest absolute Gasteiger partial charge is 0.462 e. The van der Waals surface area contributed by atoms with E-state index in [9.17, 15) is 19.2 Å². The fraction of sp³-hybridized carbons (Fsp3) is 0.500. The van der Waals surface area contributed by atoms with E-state index >= 15 is 0 Å². The quantitative estimate of drug-likeness (QED) is 0.628. The minimum atomic E-state index is -0.718. The molecule has 10 heteroatoms. The van der Waals surface area contributed by atoms with Crippen molar-refractivity contribution < 1.29 is 19.1 Å². The fourth-order valence-electron chi connectivity index (χ4n) is 2.57. The highest BCUT2D eigenvalue weighted by molar-refractivity contribution is 7.20. The predicted octanol–water partition coefficient (Wildman–Crippen LogP) is 0.974. The van der Waals surface area contributed by atoms with Gasteiger partial charge in [-0.25, -0.2) is 9.78 Å². The van der Waals surface area contributed by atoms with Crippen LogP contribution in [-0.4, -0.2) is 46.5 Å². The van der Waals surface area contributed by atoms with Crippen molar-refractivity contribution >= 4 is 39.3 Å².